The van der Waals surface area contributed by atoms with Crippen molar-refractivity contribution in [3.8, 4) is 0 Å². The summed E-state index contributed by atoms with van der Waals surface area (Å²) in [7, 11) is 0. The number of carboxylic acid groups (broad SMARTS) is 1. The van der Waals surface area contributed by atoms with E-state index in [-0.39, 0.29) is 18.4 Å². The molecule has 0 aromatic rings. The molecule has 2 rings (SSSR count). The van der Waals surface area contributed by atoms with Crippen LogP contribution in [0.1, 0.15) is 19.8 Å². The van der Waals surface area contributed by atoms with Gasteiger partial charge in [0.1, 0.15) is 5.41 Å². The lowest BCUT2D eigenvalue weighted by Crippen LogP contribution is -2.50. The van der Waals surface area contributed by atoms with Crippen LogP contribution in [-0.4, -0.2) is 36.2 Å². The molecule has 0 bridgehead atoms. The Balaban J connectivity index is 2.01. The molecule has 2 unspecified atom stereocenters. The van der Waals surface area contributed by atoms with E-state index in [2.05, 4.69) is 5.32 Å². The van der Waals surface area contributed by atoms with Crippen LogP contribution in [0.25, 0.3) is 0 Å². The average molecular weight is 213 g/mol. The molecule has 2 fully saturated rings. The number of amides is 1. The van der Waals surface area contributed by atoms with Crippen LogP contribution in [0.4, 0.5) is 0 Å². The second kappa shape index (κ2) is 3.48. The second-order valence-electron chi connectivity index (χ2n) is 4.57. The summed E-state index contributed by atoms with van der Waals surface area (Å²) < 4.78 is 5.14. The van der Waals surface area contributed by atoms with Crippen molar-refractivity contribution in [1.82, 2.24) is 5.32 Å². The quantitative estimate of drug-likeness (QED) is 0.692. The van der Waals surface area contributed by atoms with E-state index in [0.717, 1.165) is 12.8 Å². The lowest BCUT2D eigenvalue weighted by molar-refractivity contribution is -0.149. The van der Waals surface area contributed by atoms with Gasteiger partial charge in [0.05, 0.1) is 19.3 Å². The Labute approximate surface area is 87.8 Å². The molecule has 2 atom stereocenters. The molecule has 1 aliphatic carbocycles. The first kappa shape index (κ1) is 10.4. The fourth-order valence-electron chi connectivity index (χ4n) is 1.72. The van der Waals surface area contributed by atoms with Crippen LogP contribution in [0.2, 0.25) is 0 Å². The molecular formula is C10H15NO4. The van der Waals surface area contributed by atoms with Crippen LogP contribution >= 0.6 is 0 Å². The molecule has 0 aromatic carbocycles. The Morgan fingerprint density at radius 2 is 2.13 bits per heavy atom. The van der Waals surface area contributed by atoms with Crippen LogP contribution in [0.5, 0.6) is 0 Å². The molecular weight excluding hydrogens is 198 g/mol. The molecule has 2 N–H and O–H groups in total. The zero-order valence-electron chi connectivity index (χ0n) is 8.66. The maximum Gasteiger partial charge on any atom is 0.313 e. The number of aliphatic carboxylic acids is 1. The summed E-state index contributed by atoms with van der Waals surface area (Å²) in [5, 5.41) is 11.8. The molecule has 1 saturated carbocycles. The van der Waals surface area contributed by atoms with Crippen molar-refractivity contribution in [2.24, 2.45) is 11.3 Å². The highest BCUT2D eigenvalue weighted by Crippen LogP contribution is 2.32. The minimum Gasteiger partial charge on any atom is -0.481 e. The number of ether oxygens (including phenoxy) is 1. The summed E-state index contributed by atoms with van der Waals surface area (Å²) in [6.07, 6.45) is 1.84. The van der Waals surface area contributed by atoms with Crippen molar-refractivity contribution >= 4 is 11.9 Å². The van der Waals surface area contributed by atoms with E-state index in [4.69, 9.17) is 9.84 Å². The van der Waals surface area contributed by atoms with Crippen molar-refractivity contribution in [2.45, 2.75) is 25.8 Å². The number of hydrogen-bond acceptors (Lipinski definition) is 3. The zero-order chi connectivity index (χ0) is 11.1. The van der Waals surface area contributed by atoms with Crippen molar-refractivity contribution in [3.63, 3.8) is 0 Å². The summed E-state index contributed by atoms with van der Waals surface area (Å²) in [6, 6.07) is -0.400. The number of carboxylic acids is 1. The maximum atomic E-state index is 11.5. The first-order valence-electron chi connectivity index (χ1n) is 5.15. The second-order valence-corrected chi connectivity index (χ2v) is 4.57. The molecule has 1 heterocycles. The molecule has 0 radical (unpaired) electrons. The van der Waals surface area contributed by atoms with Gasteiger partial charge in [-0.1, -0.05) is 0 Å². The van der Waals surface area contributed by atoms with E-state index in [9.17, 15) is 9.59 Å². The van der Waals surface area contributed by atoms with Crippen molar-refractivity contribution < 1.29 is 19.4 Å². The molecule has 1 aliphatic heterocycles. The van der Waals surface area contributed by atoms with E-state index < -0.39 is 17.4 Å². The number of carbonyl (C=O) groups is 2. The number of nitrogens with one attached hydrogen (secondary N) is 1. The molecule has 0 aromatic heterocycles. The Hall–Kier alpha value is -1.10. The minimum absolute atomic E-state index is 0.0297. The summed E-state index contributed by atoms with van der Waals surface area (Å²) in [6.45, 7) is 2.07. The highest BCUT2D eigenvalue weighted by atomic mass is 16.5. The fourth-order valence-corrected chi connectivity index (χ4v) is 1.72. The normalized spacial score (nSPS) is 35.1. The summed E-state index contributed by atoms with van der Waals surface area (Å²) in [5.41, 5.74) is -0.982. The summed E-state index contributed by atoms with van der Waals surface area (Å²) in [5.74, 6) is -0.845. The average Bonchev–Trinajstić information content (AvgIpc) is 2.94. The smallest absolute Gasteiger partial charge is 0.313 e. The monoisotopic (exact) mass is 213 g/mol. The Morgan fingerprint density at radius 3 is 2.67 bits per heavy atom. The zero-order valence-corrected chi connectivity index (χ0v) is 8.66. The molecule has 5 heteroatoms. The Morgan fingerprint density at radius 1 is 1.47 bits per heavy atom. The van der Waals surface area contributed by atoms with E-state index in [1.807, 2.05) is 0 Å². The van der Waals surface area contributed by atoms with Crippen molar-refractivity contribution in [2.75, 3.05) is 13.2 Å². The fraction of sp³-hybridized carbons (Fsp3) is 0.800. The number of hydrogen-bond donors (Lipinski definition) is 2. The van der Waals surface area contributed by atoms with Gasteiger partial charge in [-0.25, -0.2) is 0 Å². The number of carbonyl (C=O) groups excluding carboxylic acids is 1. The third-order valence-electron chi connectivity index (χ3n) is 3.21. The molecule has 1 amide bonds. The first-order chi connectivity index (χ1) is 7.04. The Bertz CT molecular complexity index is 300. The van der Waals surface area contributed by atoms with Gasteiger partial charge in [-0.15, -0.1) is 0 Å². The molecule has 84 valence electrons. The largest absolute Gasteiger partial charge is 0.481 e. The highest BCUT2D eigenvalue weighted by molar-refractivity contribution is 5.83. The van der Waals surface area contributed by atoms with Gasteiger partial charge in [0, 0.05) is 5.92 Å². The van der Waals surface area contributed by atoms with Gasteiger partial charge in [0.25, 0.3) is 0 Å². The predicted molar refractivity (Wildman–Crippen MR) is 51.2 cm³/mol. The molecule has 2 aliphatic rings. The van der Waals surface area contributed by atoms with Crippen LogP contribution in [0.15, 0.2) is 0 Å². The molecule has 15 heavy (non-hydrogen) atoms. The first-order valence-corrected chi connectivity index (χ1v) is 5.15. The van der Waals surface area contributed by atoms with E-state index in [0.29, 0.717) is 6.61 Å². The van der Waals surface area contributed by atoms with Gasteiger partial charge in [-0.05, 0) is 19.8 Å². The van der Waals surface area contributed by atoms with Gasteiger partial charge in [0.2, 0.25) is 5.91 Å². The predicted octanol–water partition coefficient (Wildman–Crippen LogP) is 0.00230. The Kier molecular flexibility index (Phi) is 2.42. The lowest BCUT2D eigenvalue weighted by Gasteiger charge is -2.25. The van der Waals surface area contributed by atoms with Crippen molar-refractivity contribution in [3.05, 3.63) is 0 Å². The van der Waals surface area contributed by atoms with Gasteiger partial charge in [-0.2, -0.15) is 0 Å². The molecule has 0 spiro atoms. The molecule has 1 saturated heterocycles. The lowest BCUT2D eigenvalue weighted by atomic mass is 9.85. The van der Waals surface area contributed by atoms with Crippen molar-refractivity contribution in [1.29, 1.82) is 0 Å². The van der Waals surface area contributed by atoms with E-state index >= 15 is 0 Å². The van der Waals surface area contributed by atoms with Gasteiger partial charge >= 0.3 is 5.97 Å². The van der Waals surface area contributed by atoms with Crippen LogP contribution < -0.4 is 5.32 Å². The third-order valence-corrected chi connectivity index (χ3v) is 3.21. The maximum absolute atomic E-state index is 11.5. The highest BCUT2D eigenvalue weighted by Gasteiger charge is 2.48. The SMILES string of the molecule is CC1(C(=O)O)COCC1NC(=O)C1CC1. The van der Waals surface area contributed by atoms with Gasteiger partial charge < -0.3 is 15.2 Å². The van der Waals surface area contributed by atoms with Crippen LogP contribution in [0.3, 0.4) is 0 Å². The van der Waals surface area contributed by atoms with Gasteiger partial charge in [-0.3, -0.25) is 9.59 Å². The summed E-state index contributed by atoms with van der Waals surface area (Å²) >= 11 is 0. The summed E-state index contributed by atoms with van der Waals surface area (Å²) in [4.78, 5) is 22.6. The van der Waals surface area contributed by atoms with E-state index in [1.165, 1.54) is 0 Å². The van der Waals surface area contributed by atoms with Crippen LogP contribution in [-0.2, 0) is 14.3 Å². The van der Waals surface area contributed by atoms with Gasteiger partial charge in [0.15, 0.2) is 0 Å². The molecule has 5 nitrogen and oxygen atoms in total. The minimum atomic E-state index is -0.982. The standard InChI is InChI=1S/C10H15NO4/c1-10(9(13)14)5-15-4-7(10)11-8(12)6-2-3-6/h6-7H,2-5H2,1H3,(H,11,12)(H,13,14). The van der Waals surface area contributed by atoms with Crippen LogP contribution in [0, 0.1) is 11.3 Å². The topological polar surface area (TPSA) is 75.6 Å². The third kappa shape index (κ3) is 1.84. The number of rotatable bonds is 3. The van der Waals surface area contributed by atoms with E-state index in [1.54, 1.807) is 6.92 Å².